The third kappa shape index (κ3) is 5.18. The summed E-state index contributed by atoms with van der Waals surface area (Å²) in [4.78, 5) is 12.5. The molecule has 0 unspecified atom stereocenters. The average molecular weight is 372 g/mol. The van der Waals surface area contributed by atoms with Gasteiger partial charge in [-0.2, -0.15) is 0 Å². The summed E-state index contributed by atoms with van der Waals surface area (Å²) in [5.41, 5.74) is 2.55. The zero-order chi connectivity index (χ0) is 18.6. The number of carbonyl (C=O) groups excluding carboxylic acids is 1. The van der Waals surface area contributed by atoms with Crippen LogP contribution in [0.1, 0.15) is 53.1 Å². The fraction of sp³-hybridized carbons (Fsp3) is 0.381. The Kier molecular flexibility index (Phi) is 5.77. The van der Waals surface area contributed by atoms with Crippen molar-refractivity contribution in [1.82, 2.24) is 5.32 Å². The summed E-state index contributed by atoms with van der Waals surface area (Å²) in [5.74, 6) is 0.405. The molecule has 138 valence electrons. The Morgan fingerprint density at radius 2 is 1.69 bits per heavy atom. The number of hydrogen-bond donors (Lipinski definition) is 1. The van der Waals surface area contributed by atoms with Gasteiger partial charge in [0.05, 0.1) is 5.75 Å². The number of benzene rings is 2. The molecule has 26 heavy (non-hydrogen) atoms. The first-order valence-corrected chi connectivity index (χ1v) is 11.1. The van der Waals surface area contributed by atoms with E-state index in [9.17, 15) is 13.2 Å². The van der Waals surface area contributed by atoms with E-state index in [1.165, 1.54) is 11.8 Å². The van der Waals surface area contributed by atoms with Crippen LogP contribution < -0.4 is 5.32 Å². The van der Waals surface area contributed by atoms with Gasteiger partial charge in [-0.1, -0.05) is 42.5 Å². The molecule has 5 heteroatoms. The van der Waals surface area contributed by atoms with Crippen molar-refractivity contribution < 1.29 is 13.2 Å². The fourth-order valence-electron chi connectivity index (χ4n) is 3.67. The highest BCUT2D eigenvalue weighted by Gasteiger charge is 2.23. The summed E-state index contributed by atoms with van der Waals surface area (Å²) in [7, 11) is -3.11. The van der Waals surface area contributed by atoms with E-state index in [0.717, 1.165) is 25.7 Å². The molecule has 0 spiro atoms. The Morgan fingerprint density at radius 3 is 2.35 bits per heavy atom. The summed E-state index contributed by atoms with van der Waals surface area (Å²) in [6.07, 6.45) is 5.28. The van der Waals surface area contributed by atoms with Gasteiger partial charge in [-0.15, -0.1) is 0 Å². The number of sulfone groups is 1. The van der Waals surface area contributed by atoms with Crippen molar-refractivity contribution in [2.24, 2.45) is 0 Å². The molecule has 4 nitrogen and oxygen atoms in total. The summed E-state index contributed by atoms with van der Waals surface area (Å²) < 4.78 is 22.9. The van der Waals surface area contributed by atoms with Crippen molar-refractivity contribution in [2.75, 3.05) is 6.26 Å². The maximum Gasteiger partial charge on any atom is 0.251 e. The highest BCUT2D eigenvalue weighted by Crippen LogP contribution is 2.32. The smallest absolute Gasteiger partial charge is 0.251 e. The van der Waals surface area contributed by atoms with Gasteiger partial charge < -0.3 is 5.32 Å². The number of hydrogen-bond acceptors (Lipinski definition) is 3. The molecule has 2 aromatic carbocycles. The van der Waals surface area contributed by atoms with Gasteiger partial charge in [0.1, 0.15) is 0 Å². The SMILES string of the molecule is CS(=O)(=O)Cc1cccc(C(=O)NC2CCC(c3ccccc3)CC2)c1. The predicted octanol–water partition coefficient (Wildman–Crippen LogP) is 3.69. The molecule has 1 aliphatic rings. The zero-order valence-corrected chi connectivity index (χ0v) is 15.8. The maximum atomic E-state index is 12.5. The van der Waals surface area contributed by atoms with E-state index in [2.05, 4.69) is 29.6 Å². The van der Waals surface area contributed by atoms with E-state index in [0.29, 0.717) is 17.0 Å². The van der Waals surface area contributed by atoms with Gasteiger partial charge in [0, 0.05) is 17.9 Å². The molecule has 1 aliphatic carbocycles. The Balaban J connectivity index is 1.57. The van der Waals surface area contributed by atoms with Crippen LogP contribution in [0.2, 0.25) is 0 Å². The van der Waals surface area contributed by atoms with Crippen LogP contribution in [0.4, 0.5) is 0 Å². The van der Waals surface area contributed by atoms with E-state index < -0.39 is 9.84 Å². The second-order valence-electron chi connectivity index (χ2n) is 7.20. The second kappa shape index (κ2) is 8.04. The van der Waals surface area contributed by atoms with E-state index in [1.54, 1.807) is 24.3 Å². The summed E-state index contributed by atoms with van der Waals surface area (Å²) in [6, 6.07) is 17.6. The summed E-state index contributed by atoms with van der Waals surface area (Å²) >= 11 is 0. The third-order valence-electron chi connectivity index (χ3n) is 4.95. The van der Waals surface area contributed by atoms with Crippen molar-refractivity contribution in [1.29, 1.82) is 0 Å². The molecular weight excluding hydrogens is 346 g/mol. The lowest BCUT2D eigenvalue weighted by molar-refractivity contribution is 0.0925. The van der Waals surface area contributed by atoms with Crippen LogP contribution in [-0.2, 0) is 15.6 Å². The largest absolute Gasteiger partial charge is 0.349 e. The van der Waals surface area contributed by atoms with Gasteiger partial charge in [-0.3, -0.25) is 4.79 Å². The standard InChI is InChI=1S/C21H25NO3S/c1-26(24,25)15-16-6-5-9-19(14-16)21(23)22-20-12-10-18(11-13-20)17-7-3-2-4-8-17/h2-9,14,18,20H,10-13,15H2,1H3,(H,22,23). The molecule has 0 aliphatic heterocycles. The third-order valence-corrected chi connectivity index (χ3v) is 5.81. The Labute approximate surface area is 155 Å². The lowest BCUT2D eigenvalue weighted by Gasteiger charge is -2.29. The molecule has 1 saturated carbocycles. The minimum Gasteiger partial charge on any atom is -0.349 e. The van der Waals surface area contributed by atoms with E-state index in [1.807, 2.05) is 6.07 Å². The molecule has 0 atom stereocenters. The Morgan fingerprint density at radius 1 is 1.00 bits per heavy atom. The van der Waals surface area contributed by atoms with Crippen molar-refractivity contribution in [3.05, 3.63) is 71.3 Å². The molecular formula is C21H25NO3S. The van der Waals surface area contributed by atoms with E-state index in [4.69, 9.17) is 0 Å². The molecule has 1 N–H and O–H groups in total. The Bertz CT molecular complexity index is 854. The van der Waals surface area contributed by atoms with Gasteiger partial charge in [0.25, 0.3) is 5.91 Å². The van der Waals surface area contributed by atoms with Crippen LogP contribution in [-0.4, -0.2) is 26.6 Å². The van der Waals surface area contributed by atoms with Gasteiger partial charge in [0.2, 0.25) is 0 Å². The second-order valence-corrected chi connectivity index (χ2v) is 9.34. The molecule has 0 bridgehead atoms. The average Bonchev–Trinajstić information content (AvgIpc) is 2.62. The van der Waals surface area contributed by atoms with Crippen LogP contribution in [0.15, 0.2) is 54.6 Å². The number of amides is 1. The van der Waals surface area contributed by atoms with Crippen molar-refractivity contribution in [2.45, 2.75) is 43.4 Å². The molecule has 0 heterocycles. The molecule has 0 radical (unpaired) electrons. The first kappa shape index (κ1) is 18.6. The minimum atomic E-state index is -3.11. The van der Waals surface area contributed by atoms with Gasteiger partial charge >= 0.3 is 0 Å². The van der Waals surface area contributed by atoms with Crippen LogP contribution in [0, 0.1) is 0 Å². The van der Waals surface area contributed by atoms with Crippen molar-refractivity contribution in [3.63, 3.8) is 0 Å². The first-order chi connectivity index (χ1) is 12.4. The van der Waals surface area contributed by atoms with Gasteiger partial charge in [-0.25, -0.2) is 8.42 Å². The first-order valence-electron chi connectivity index (χ1n) is 9.03. The van der Waals surface area contributed by atoms with Crippen molar-refractivity contribution >= 4 is 15.7 Å². The maximum absolute atomic E-state index is 12.5. The van der Waals surface area contributed by atoms with Crippen LogP contribution in [0.5, 0.6) is 0 Å². The molecule has 3 rings (SSSR count). The summed E-state index contributed by atoms with van der Waals surface area (Å²) in [6.45, 7) is 0. The number of carbonyl (C=O) groups is 1. The number of nitrogens with one attached hydrogen (secondary N) is 1. The molecule has 0 saturated heterocycles. The fourth-order valence-corrected chi connectivity index (χ4v) is 4.46. The number of rotatable bonds is 5. The predicted molar refractivity (Wildman–Crippen MR) is 104 cm³/mol. The highest BCUT2D eigenvalue weighted by atomic mass is 32.2. The molecule has 1 fully saturated rings. The van der Waals surface area contributed by atoms with Crippen LogP contribution in [0.3, 0.4) is 0 Å². The van der Waals surface area contributed by atoms with E-state index in [-0.39, 0.29) is 17.7 Å². The minimum absolute atomic E-state index is 0.0453. The normalized spacial score (nSPS) is 20.5. The van der Waals surface area contributed by atoms with Crippen LogP contribution >= 0.6 is 0 Å². The Hall–Kier alpha value is -2.14. The van der Waals surface area contributed by atoms with Gasteiger partial charge in [0.15, 0.2) is 9.84 Å². The lowest BCUT2D eigenvalue weighted by Crippen LogP contribution is -2.37. The molecule has 0 aromatic heterocycles. The zero-order valence-electron chi connectivity index (χ0n) is 15.0. The summed E-state index contributed by atoms with van der Waals surface area (Å²) in [5, 5.41) is 3.11. The highest BCUT2D eigenvalue weighted by molar-refractivity contribution is 7.89. The van der Waals surface area contributed by atoms with Crippen molar-refractivity contribution in [3.8, 4) is 0 Å². The van der Waals surface area contributed by atoms with E-state index >= 15 is 0 Å². The quantitative estimate of drug-likeness (QED) is 0.872. The monoisotopic (exact) mass is 371 g/mol. The topological polar surface area (TPSA) is 63.2 Å². The lowest BCUT2D eigenvalue weighted by atomic mass is 9.82. The molecule has 2 aromatic rings. The van der Waals surface area contributed by atoms with Crippen LogP contribution in [0.25, 0.3) is 0 Å². The molecule has 1 amide bonds. The van der Waals surface area contributed by atoms with Gasteiger partial charge in [-0.05, 0) is 54.9 Å².